The van der Waals surface area contributed by atoms with Crippen molar-refractivity contribution in [1.82, 2.24) is 10.2 Å². The van der Waals surface area contributed by atoms with E-state index < -0.39 is 18.6 Å². The smallest absolute Gasteiger partial charge is 0.289 e. The summed E-state index contributed by atoms with van der Waals surface area (Å²) in [7, 11) is 0. The number of hydrogen-bond acceptors (Lipinski definition) is 5. The lowest BCUT2D eigenvalue weighted by Crippen LogP contribution is -2.51. The van der Waals surface area contributed by atoms with E-state index in [-0.39, 0.29) is 0 Å². The molecule has 7 heteroatoms. The maximum atomic E-state index is 14.7. The van der Waals surface area contributed by atoms with Crippen LogP contribution in [0.5, 0.6) is 11.5 Å². The molecule has 2 aromatic rings. The molecule has 158 valence electrons. The van der Waals surface area contributed by atoms with Crippen LogP contribution < -0.4 is 14.8 Å². The zero-order valence-electron chi connectivity index (χ0n) is 16.6. The minimum atomic E-state index is -3.27. The van der Waals surface area contributed by atoms with Crippen molar-refractivity contribution in [2.45, 2.75) is 25.5 Å². The number of nitrogens with one attached hydrogen (secondary N) is 1. The third kappa shape index (κ3) is 5.44. The van der Waals surface area contributed by atoms with Crippen molar-refractivity contribution in [2.24, 2.45) is 0 Å². The molecule has 1 heterocycles. The molecule has 3 rings (SSSR count). The molecule has 0 bridgehead atoms. The van der Waals surface area contributed by atoms with Gasteiger partial charge in [0.1, 0.15) is 19.3 Å². The van der Waals surface area contributed by atoms with Gasteiger partial charge in [-0.05, 0) is 30.2 Å². The molecule has 0 unspecified atom stereocenters. The summed E-state index contributed by atoms with van der Waals surface area (Å²) in [6, 6.07) is 13.4. The number of halogens is 2. The van der Waals surface area contributed by atoms with E-state index in [1.54, 1.807) is 23.1 Å². The second kappa shape index (κ2) is 10.0. The van der Waals surface area contributed by atoms with E-state index in [1.807, 2.05) is 37.3 Å². The predicted molar refractivity (Wildman–Crippen MR) is 108 cm³/mol. The van der Waals surface area contributed by atoms with Crippen LogP contribution in [0.3, 0.4) is 0 Å². The molecule has 0 radical (unpaired) electrons. The third-order valence-electron chi connectivity index (χ3n) is 4.95. The molecule has 0 saturated carbocycles. The molecule has 0 amide bonds. The zero-order valence-corrected chi connectivity index (χ0v) is 16.6. The number of rotatable bonds is 9. The lowest BCUT2D eigenvalue weighted by atomic mass is 9.97. The first-order valence-corrected chi connectivity index (χ1v) is 9.92. The molecule has 2 aromatic carbocycles. The topological polar surface area (TPSA) is 54.0 Å². The van der Waals surface area contributed by atoms with Crippen molar-refractivity contribution in [3.05, 3.63) is 59.7 Å². The molecule has 0 aromatic heterocycles. The average Bonchev–Trinajstić information content (AvgIpc) is 2.75. The molecule has 2 N–H and O–H groups in total. The highest BCUT2D eigenvalue weighted by molar-refractivity contribution is 5.44. The lowest BCUT2D eigenvalue weighted by Gasteiger charge is -2.38. The number of aliphatic hydroxyl groups is 1. The molecule has 1 aliphatic heterocycles. The first-order chi connectivity index (χ1) is 14.0. The molecule has 0 aliphatic carbocycles. The summed E-state index contributed by atoms with van der Waals surface area (Å²) in [5.41, 5.74) is 1.41. The Labute approximate surface area is 170 Å². The van der Waals surface area contributed by atoms with Crippen LogP contribution in [0.25, 0.3) is 0 Å². The van der Waals surface area contributed by atoms with Crippen molar-refractivity contribution in [1.29, 1.82) is 0 Å². The molecule has 1 aliphatic rings. The van der Waals surface area contributed by atoms with Gasteiger partial charge in [-0.1, -0.05) is 36.4 Å². The Morgan fingerprint density at radius 3 is 2.45 bits per heavy atom. The van der Waals surface area contributed by atoms with Crippen LogP contribution in [0, 0.1) is 0 Å². The van der Waals surface area contributed by atoms with Gasteiger partial charge in [0.05, 0.1) is 6.61 Å². The van der Waals surface area contributed by atoms with Crippen molar-refractivity contribution in [3.63, 3.8) is 0 Å². The number of piperazine rings is 1. The van der Waals surface area contributed by atoms with Gasteiger partial charge >= 0.3 is 0 Å². The first kappa shape index (κ1) is 21.5. The molecule has 1 saturated heterocycles. The summed E-state index contributed by atoms with van der Waals surface area (Å²) in [5.74, 6) is -2.34. The molecular formula is C22H28F2N2O3. The van der Waals surface area contributed by atoms with Gasteiger partial charge in [-0.15, -0.1) is 0 Å². The van der Waals surface area contributed by atoms with E-state index >= 15 is 0 Å². The number of hydrogen-bond donors (Lipinski definition) is 2. The van der Waals surface area contributed by atoms with E-state index in [4.69, 9.17) is 9.47 Å². The Kier molecular flexibility index (Phi) is 7.41. The van der Waals surface area contributed by atoms with Crippen LogP contribution in [-0.4, -0.2) is 55.3 Å². The number of alkyl halides is 2. The van der Waals surface area contributed by atoms with E-state index in [1.165, 1.54) is 0 Å². The van der Waals surface area contributed by atoms with Gasteiger partial charge in [-0.2, -0.15) is 0 Å². The third-order valence-corrected chi connectivity index (χ3v) is 4.95. The lowest BCUT2D eigenvalue weighted by molar-refractivity contribution is -0.118. The fourth-order valence-electron chi connectivity index (χ4n) is 3.57. The van der Waals surface area contributed by atoms with E-state index in [9.17, 15) is 13.9 Å². The second-order valence-corrected chi connectivity index (χ2v) is 7.02. The predicted octanol–water partition coefficient (Wildman–Crippen LogP) is 3.24. The molecule has 1 fully saturated rings. The van der Waals surface area contributed by atoms with Crippen LogP contribution in [0.15, 0.2) is 48.5 Å². The number of ether oxygens (including phenoxy) is 2. The molecule has 29 heavy (non-hydrogen) atoms. The Morgan fingerprint density at radius 2 is 1.79 bits per heavy atom. The first-order valence-electron chi connectivity index (χ1n) is 9.92. The average molecular weight is 406 g/mol. The SMILES string of the molecule is CCOc1cc([C@H](N2CCNCC2)C(F)(F)CO)ccc1OCc1ccccc1. The Balaban J connectivity index is 1.87. The van der Waals surface area contributed by atoms with Crippen LogP contribution >= 0.6 is 0 Å². The molecule has 0 spiro atoms. The van der Waals surface area contributed by atoms with Crippen molar-refractivity contribution >= 4 is 0 Å². The second-order valence-electron chi connectivity index (χ2n) is 7.02. The largest absolute Gasteiger partial charge is 0.490 e. The quantitative estimate of drug-likeness (QED) is 0.670. The normalized spacial score (nSPS) is 16.4. The van der Waals surface area contributed by atoms with Gasteiger partial charge in [0.15, 0.2) is 11.5 Å². The van der Waals surface area contributed by atoms with Gasteiger partial charge < -0.3 is 19.9 Å². The summed E-state index contributed by atoms with van der Waals surface area (Å²) in [6.45, 7) is 3.60. The maximum Gasteiger partial charge on any atom is 0.289 e. The number of nitrogens with zero attached hydrogens (tertiary/aromatic N) is 1. The van der Waals surface area contributed by atoms with Crippen LogP contribution in [0.4, 0.5) is 8.78 Å². The van der Waals surface area contributed by atoms with Crippen molar-refractivity contribution in [2.75, 3.05) is 39.4 Å². The molecular weight excluding hydrogens is 378 g/mol. The highest BCUT2D eigenvalue weighted by Crippen LogP contribution is 2.40. The summed E-state index contributed by atoms with van der Waals surface area (Å²) in [5, 5.41) is 12.5. The minimum Gasteiger partial charge on any atom is -0.490 e. The van der Waals surface area contributed by atoms with E-state index in [0.717, 1.165) is 5.56 Å². The maximum absolute atomic E-state index is 14.7. The number of benzene rings is 2. The zero-order chi connectivity index (χ0) is 20.7. The molecule has 5 nitrogen and oxygen atoms in total. The standard InChI is InChI=1S/C22H28F2N2O3/c1-2-28-20-14-18(8-9-19(20)29-15-17-6-4-3-5-7-17)21(22(23,24)16-27)26-12-10-25-11-13-26/h3-9,14,21,25,27H,2,10-13,15-16H2,1H3/t21-/m0/s1. The summed E-state index contributed by atoms with van der Waals surface area (Å²) < 4.78 is 41.0. The van der Waals surface area contributed by atoms with Gasteiger partial charge in [-0.25, -0.2) is 8.78 Å². The van der Waals surface area contributed by atoms with Crippen LogP contribution in [0.1, 0.15) is 24.1 Å². The minimum absolute atomic E-state index is 0.355. The summed E-state index contributed by atoms with van der Waals surface area (Å²) in [6.07, 6.45) is 0. The fourth-order valence-corrected chi connectivity index (χ4v) is 3.57. The van der Waals surface area contributed by atoms with Gasteiger partial charge in [-0.3, -0.25) is 4.90 Å². The van der Waals surface area contributed by atoms with Crippen molar-refractivity contribution < 1.29 is 23.4 Å². The summed E-state index contributed by atoms with van der Waals surface area (Å²) >= 11 is 0. The highest BCUT2D eigenvalue weighted by Gasteiger charge is 2.44. The summed E-state index contributed by atoms with van der Waals surface area (Å²) in [4.78, 5) is 1.71. The fraction of sp³-hybridized carbons (Fsp3) is 0.455. The van der Waals surface area contributed by atoms with Crippen LogP contribution in [0.2, 0.25) is 0 Å². The Morgan fingerprint density at radius 1 is 1.07 bits per heavy atom. The highest BCUT2D eigenvalue weighted by atomic mass is 19.3. The van der Waals surface area contributed by atoms with Gasteiger partial charge in [0.2, 0.25) is 0 Å². The monoisotopic (exact) mass is 406 g/mol. The number of aliphatic hydroxyl groups excluding tert-OH is 1. The van der Waals surface area contributed by atoms with Crippen LogP contribution in [-0.2, 0) is 6.61 Å². The molecule has 1 atom stereocenters. The van der Waals surface area contributed by atoms with Crippen molar-refractivity contribution in [3.8, 4) is 11.5 Å². The Hall–Kier alpha value is -2.22. The van der Waals surface area contributed by atoms with E-state index in [0.29, 0.717) is 56.5 Å². The van der Waals surface area contributed by atoms with E-state index in [2.05, 4.69) is 5.32 Å². The Bertz CT molecular complexity index is 768. The van der Waals surface area contributed by atoms with Gasteiger partial charge in [0, 0.05) is 26.2 Å². The van der Waals surface area contributed by atoms with Gasteiger partial charge in [0.25, 0.3) is 5.92 Å².